The summed E-state index contributed by atoms with van der Waals surface area (Å²) in [6.45, 7) is 9.96. The van der Waals surface area contributed by atoms with E-state index in [2.05, 4.69) is 38.9 Å². The van der Waals surface area contributed by atoms with Crippen molar-refractivity contribution < 1.29 is 19.0 Å². The molecule has 5 rings (SSSR count). The van der Waals surface area contributed by atoms with Crippen LogP contribution in [0.25, 0.3) is 22.6 Å². The van der Waals surface area contributed by atoms with Crippen molar-refractivity contribution in [2.45, 2.75) is 72.4 Å². The second-order valence-corrected chi connectivity index (χ2v) is 12.4. The highest BCUT2D eigenvalue weighted by Gasteiger charge is 2.37. The van der Waals surface area contributed by atoms with Gasteiger partial charge in [0.1, 0.15) is 0 Å². The van der Waals surface area contributed by atoms with Crippen LogP contribution in [-0.4, -0.2) is 27.5 Å². The molecule has 1 aromatic heterocycles. The highest BCUT2D eigenvalue weighted by atomic mass is 19.1. The molecule has 0 bridgehead atoms. The Hall–Kier alpha value is -3.25. The Labute approximate surface area is 224 Å². The fraction of sp³-hybridized carbons (Fsp3) is 0.438. The van der Waals surface area contributed by atoms with E-state index in [4.69, 9.17) is 9.84 Å². The van der Waals surface area contributed by atoms with Gasteiger partial charge in [-0.15, -0.1) is 5.10 Å². The van der Waals surface area contributed by atoms with Crippen molar-refractivity contribution in [2.75, 3.05) is 6.61 Å². The van der Waals surface area contributed by atoms with Gasteiger partial charge in [0.15, 0.2) is 6.23 Å². The molecule has 1 saturated carbocycles. The SMILES string of the molecule is CC1(C)CC(=C(c2ccc(C=CC(=O)O)cc2)c2ccc3c(c2)c(F)nn3C2CCCCO2)CC(C)(C)C1. The minimum absolute atomic E-state index is 0.144. The van der Waals surface area contributed by atoms with Crippen LogP contribution in [0.1, 0.15) is 89.1 Å². The highest BCUT2D eigenvalue weighted by molar-refractivity contribution is 5.90. The molecule has 1 aliphatic heterocycles. The van der Waals surface area contributed by atoms with Gasteiger partial charge in [0.25, 0.3) is 0 Å². The fourth-order valence-corrected chi connectivity index (χ4v) is 6.71. The third-order valence-corrected chi connectivity index (χ3v) is 7.69. The van der Waals surface area contributed by atoms with Gasteiger partial charge in [0, 0.05) is 12.7 Å². The lowest BCUT2D eigenvalue weighted by Gasteiger charge is -2.43. The molecule has 5 nitrogen and oxygen atoms in total. The molecular weight excluding hydrogens is 479 g/mol. The minimum Gasteiger partial charge on any atom is -0.478 e. The number of aliphatic carboxylic acids is 1. The normalized spacial score (nSPS) is 21.2. The van der Waals surface area contributed by atoms with Crippen molar-refractivity contribution in [2.24, 2.45) is 10.8 Å². The molecule has 1 unspecified atom stereocenters. The van der Waals surface area contributed by atoms with Crippen LogP contribution in [0, 0.1) is 16.8 Å². The molecule has 0 radical (unpaired) electrons. The topological polar surface area (TPSA) is 64.3 Å². The summed E-state index contributed by atoms with van der Waals surface area (Å²) in [6, 6.07) is 13.9. The summed E-state index contributed by atoms with van der Waals surface area (Å²) in [5.41, 5.74) is 6.36. The zero-order valence-corrected chi connectivity index (χ0v) is 22.8. The van der Waals surface area contributed by atoms with Crippen LogP contribution in [0.2, 0.25) is 0 Å². The maximum absolute atomic E-state index is 15.2. The van der Waals surface area contributed by atoms with E-state index in [-0.39, 0.29) is 17.1 Å². The molecule has 0 amide bonds. The summed E-state index contributed by atoms with van der Waals surface area (Å²) in [5.74, 6) is -1.45. The van der Waals surface area contributed by atoms with E-state index in [1.165, 1.54) is 5.57 Å². The Kier molecular flexibility index (Phi) is 7.03. The molecule has 2 aliphatic rings. The maximum Gasteiger partial charge on any atom is 0.328 e. The minimum atomic E-state index is -0.974. The maximum atomic E-state index is 15.2. The van der Waals surface area contributed by atoms with E-state index in [1.807, 2.05) is 36.4 Å². The number of ether oxygens (including phenoxy) is 1. The van der Waals surface area contributed by atoms with Crippen LogP contribution in [0.5, 0.6) is 0 Å². The Balaban J connectivity index is 1.63. The molecule has 38 heavy (non-hydrogen) atoms. The van der Waals surface area contributed by atoms with Crippen LogP contribution in [-0.2, 0) is 9.53 Å². The summed E-state index contributed by atoms with van der Waals surface area (Å²) >= 11 is 0. The monoisotopic (exact) mass is 516 g/mol. The van der Waals surface area contributed by atoms with Crippen LogP contribution in [0.15, 0.2) is 54.1 Å². The van der Waals surface area contributed by atoms with Crippen molar-refractivity contribution in [3.8, 4) is 0 Å². The number of hydrogen-bond acceptors (Lipinski definition) is 3. The van der Waals surface area contributed by atoms with E-state index in [0.717, 1.165) is 72.4 Å². The number of nitrogens with zero attached hydrogens (tertiary/aromatic N) is 2. The number of aromatic nitrogens is 2. The van der Waals surface area contributed by atoms with E-state index in [9.17, 15) is 4.79 Å². The predicted molar refractivity (Wildman–Crippen MR) is 149 cm³/mol. The molecule has 3 aromatic rings. The Morgan fingerprint density at radius 3 is 2.37 bits per heavy atom. The number of carboxylic acids is 1. The summed E-state index contributed by atoms with van der Waals surface area (Å²) in [6.07, 6.45) is 8.47. The van der Waals surface area contributed by atoms with Gasteiger partial charge in [0.05, 0.1) is 10.9 Å². The van der Waals surface area contributed by atoms with Gasteiger partial charge >= 0.3 is 5.97 Å². The molecule has 2 heterocycles. The zero-order valence-electron chi connectivity index (χ0n) is 22.8. The third-order valence-electron chi connectivity index (χ3n) is 7.69. The molecule has 2 fully saturated rings. The standard InChI is InChI=1S/C32H37FN2O3/c1-31(2)18-24(19-32(3,4)20-31)29(22-11-8-21(9-12-22)10-15-28(36)37)23-13-14-26-25(17-23)30(33)34-35(26)27-7-5-6-16-38-27/h8-15,17,27H,5-7,16,18-20H2,1-4H3,(H,36,37). The van der Waals surface area contributed by atoms with Gasteiger partial charge in [0.2, 0.25) is 5.95 Å². The van der Waals surface area contributed by atoms with E-state index < -0.39 is 11.9 Å². The van der Waals surface area contributed by atoms with Crippen LogP contribution in [0.3, 0.4) is 0 Å². The van der Waals surface area contributed by atoms with Crippen LogP contribution >= 0.6 is 0 Å². The number of halogens is 1. The highest BCUT2D eigenvalue weighted by Crippen LogP contribution is 2.51. The quantitative estimate of drug-likeness (QED) is 0.349. The molecule has 2 aromatic carbocycles. The molecule has 200 valence electrons. The Morgan fingerprint density at radius 2 is 1.74 bits per heavy atom. The molecule has 1 N–H and O–H groups in total. The largest absolute Gasteiger partial charge is 0.478 e. The Bertz CT molecular complexity index is 1390. The van der Waals surface area contributed by atoms with E-state index in [0.29, 0.717) is 12.0 Å². The first-order valence-corrected chi connectivity index (χ1v) is 13.5. The smallest absolute Gasteiger partial charge is 0.328 e. The van der Waals surface area contributed by atoms with E-state index >= 15 is 4.39 Å². The summed E-state index contributed by atoms with van der Waals surface area (Å²) in [7, 11) is 0. The first kappa shape index (κ1) is 26.4. The van der Waals surface area contributed by atoms with Gasteiger partial charge in [-0.05, 0) is 89.8 Å². The number of allylic oxidation sites excluding steroid dienone is 1. The second kappa shape index (κ2) is 10.1. The van der Waals surface area contributed by atoms with Gasteiger partial charge in [-0.2, -0.15) is 4.39 Å². The average molecular weight is 517 g/mol. The number of carbonyl (C=O) groups is 1. The fourth-order valence-electron chi connectivity index (χ4n) is 6.71. The van der Waals surface area contributed by atoms with Crippen molar-refractivity contribution >= 4 is 28.5 Å². The number of rotatable bonds is 5. The molecule has 6 heteroatoms. The lowest BCUT2D eigenvalue weighted by molar-refractivity contribution is -0.131. The molecular formula is C32H37FN2O3. The molecule has 1 aliphatic carbocycles. The molecule has 0 spiro atoms. The van der Waals surface area contributed by atoms with E-state index in [1.54, 1.807) is 10.8 Å². The van der Waals surface area contributed by atoms with Gasteiger partial charge in [-0.25, -0.2) is 9.48 Å². The van der Waals surface area contributed by atoms with Crippen molar-refractivity contribution in [1.82, 2.24) is 9.78 Å². The molecule has 1 atom stereocenters. The first-order chi connectivity index (χ1) is 18.0. The van der Waals surface area contributed by atoms with Gasteiger partial charge < -0.3 is 9.84 Å². The average Bonchev–Trinajstić information content (AvgIpc) is 3.18. The van der Waals surface area contributed by atoms with Gasteiger partial charge in [-0.3, -0.25) is 0 Å². The second-order valence-electron chi connectivity index (χ2n) is 12.4. The lowest BCUT2D eigenvalue weighted by atomic mass is 9.62. The van der Waals surface area contributed by atoms with Gasteiger partial charge in [-0.1, -0.05) is 63.6 Å². The lowest BCUT2D eigenvalue weighted by Crippen LogP contribution is -2.30. The number of carboxylic acid groups (broad SMARTS) is 1. The Morgan fingerprint density at radius 1 is 1.05 bits per heavy atom. The van der Waals surface area contributed by atoms with Crippen LogP contribution < -0.4 is 0 Å². The van der Waals surface area contributed by atoms with Crippen molar-refractivity contribution in [3.63, 3.8) is 0 Å². The number of hydrogen-bond donors (Lipinski definition) is 1. The van der Waals surface area contributed by atoms with Crippen molar-refractivity contribution in [3.05, 3.63) is 76.8 Å². The predicted octanol–water partition coefficient (Wildman–Crippen LogP) is 8.01. The summed E-state index contributed by atoms with van der Waals surface area (Å²) < 4.78 is 22.8. The van der Waals surface area contributed by atoms with Crippen molar-refractivity contribution in [1.29, 1.82) is 0 Å². The zero-order chi connectivity index (χ0) is 27.1. The number of fused-ring (bicyclic) bond motifs is 1. The summed E-state index contributed by atoms with van der Waals surface area (Å²) in [4.78, 5) is 11.0. The number of benzene rings is 2. The molecule has 1 saturated heterocycles. The third kappa shape index (κ3) is 5.60. The van der Waals surface area contributed by atoms with Crippen LogP contribution in [0.4, 0.5) is 4.39 Å². The first-order valence-electron chi connectivity index (χ1n) is 13.5. The summed E-state index contributed by atoms with van der Waals surface area (Å²) in [5, 5.41) is 13.7.